The van der Waals surface area contributed by atoms with Crippen molar-refractivity contribution in [2.75, 3.05) is 27.2 Å². The highest BCUT2D eigenvalue weighted by molar-refractivity contribution is 6.40. The van der Waals surface area contributed by atoms with Crippen molar-refractivity contribution in [1.82, 2.24) is 15.2 Å². The number of carbonyl (C=O) groups excluding carboxylic acids is 1. The standard InChI is InChI=1S/C21H21Cl2N3O2/c1-26(2)8-4-7-25-21(28)19-16(22)10-15(11-17(19)23)14-9-13-5-3-6-24-20(13)18(27)12-14/h3,5-6,9-12,27H,4,7-8H2,1-2H3,(H,25,28). The van der Waals surface area contributed by atoms with Crippen molar-refractivity contribution in [2.45, 2.75) is 6.42 Å². The molecule has 1 amide bonds. The molecule has 5 nitrogen and oxygen atoms in total. The Morgan fingerprint density at radius 2 is 1.82 bits per heavy atom. The molecule has 1 aromatic heterocycles. The molecule has 2 N–H and O–H groups in total. The third kappa shape index (κ3) is 4.55. The predicted octanol–water partition coefficient (Wildman–Crippen LogP) is 4.60. The second kappa shape index (κ2) is 8.78. The molecule has 1 heterocycles. The van der Waals surface area contributed by atoms with Gasteiger partial charge in [0.15, 0.2) is 0 Å². The van der Waals surface area contributed by atoms with E-state index in [0.29, 0.717) is 17.6 Å². The molecule has 3 rings (SSSR count). The van der Waals surface area contributed by atoms with Crippen molar-refractivity contribution in [3.05, 3.63) is 58.2 Å². The first-order chi connectivity index (χ1) is 13.4. The van der Waals surface area contributed by atoms with E-state index < -0.39 is 0 Å². The SMILES string of the molecule is CN(C)CCCNC(=O)c1c(Cl)cc(-c2cc(O)c3ncccc3c2)cc1Cl. The molecule has 0 aliphatic rings. The van der Waals surface area contributed by atoms with Crippen LogP contribution in [-0.4, -0.2) is 48.1 Å². The number of nitrogens with one attached hydrogen (secondary N) is 1. The topological polar surface area (TPSA) is 65.5 Å². The number of hydrogen-bond acceptors (Lipinski definition) is 4. The molecule has 0 unspecified atom stereocenters. The van der Waals surface area contributed by atoms with Crippen molar-refractivity contribution in [2.24, 2.45) is 0 Å². The number of amides is 1. The van der Waals surface area contributed by atoms with E-state index >= 15 is 0 Å². The van der Waals surface area contributed by atoms with Gasteiger partial charge in [0.25, 0.3) is 5.91 Å². The summed E-state index contributed by atoms with van der Waals surface area (Å²) in [5.74, 6) is -0.228. The number of aromatic nitrogens is 1. The molecule has 0 atom stereocenters. The summed E-state index contributed by atoms with van der Waals surface area (Å²) in [6, 6.07) is 10.5. The summed E-state index contributed by atoms with van der Waals surface area (Å²) in [6.45, 7) is 1.41. The number of phenolic OH excluding ortho intramolecular Hbond substituents is 1. The molecule has 0 spiro atoms. The fourth-order valence-corrected chi connectivity index (χ4v) is 3.64. The number of carbonyl (C=O) groups is 1. The molecule has 7 heteroatoms. The Hall–Kier alpha value is -2.34. The Morgan fingerprint density at radius 1 is 1.14 bits per heavy atom. The van der Waals surface area contributed by atoms with Crippen LogP contribution in [0.3, 0.4) is 0 Å². The van der Waals surface area contributed by atoms with Crippen LogP contribution in [0.5, 0.6) is 5.75 Å². The molecular weight excluding hydrogens is 397 g/mol. The quantitative estimate of drug-likeness (QED) is 0.575. The molecule has 0 aliphatic heterocycles. The highest BCUT2D eigenvalue weighted by atomic mass is 35.5. The smallest absolute Gasteiger partial charge is 0.254 e. The van der Waals surface area contributed by atoms with Crippen molar-refractivity contribution in [3.8, 4) is 16.9 Å². The first-order valence-corrected chi connectivity index (χ1v) is 9.62. The van der Waals surface area contributed by atoms with E-state index in [0.717, 1.165) is 23.9 Å². The average molecular weight is 418 g/mol. The summed E-state index contributed by atoms with van der Waals surface area (Å²) in [4.78, 5) is 18.7. The van der Waals surface area contributed by atoms with E-state index in [1.165, 1.54) is 0 Å². The lowest BCUT2D eigenvalue weighted by molar-refractivity contribution is 0.0952. The molecule has 0 radical (unpaired) electrons. The second-order valence-corrected chi connectivity index (χ2v) is 7.61. The monoisotopic (exact) mass is 417 g/mol. The normalized spacial score (nSPS) is 11.2. The number of benzene rings is 2. The number of rotatable bonds is 6. The summed E-state index contributed by atoms with van der Waals surface area (Å²) in [5.41, 5.74) is 2.22. The minimum absolute atomic E-state index is 0.0723. The van der Waals surface area contributed by atoms with E-state index in [1.54, 1.807) is 30.5 Å². The summed E-state index contributed by atoms with van der Waals surface area (Å²) in [7, 11) is 3.96. The Balaban J connectivity index is 1.87. The summed E-state index contributed by atoms with van der Waals surface area (Å²) in [5, 5.41) is 14.4. The lowest BCUT2D eigenvalue weighted by Gasteiger charge is -2.13. The van der Waals surface area contributed by atoms with E-state index in [1.807, 2.05) is 26.2 Å². The first-order valence-electron chi connectivity index (χ1n) is 8.87. The predicted molar refractivity (Wildman–Crippen MR) is 114 cm³/mol. The number of nitrogens with zero attached hydrogens (tertiary/aromatic N) is 2. The molecule has 0 fully saturated rings. The zero-order chi connectivity index (χ0) is 20.3. The second-order valence-electron chi connectivity index (χ2n) is 6.80. The summed E-state index contributed by atoms with van der Waals surface area (Å²) < 4.78 is 0. The molecule has 0 saturated carbocycles. The van der Waals surface area contributed by atoms with Crippen molar-refractivity contribution < 1.29 is 9.90 Å². The highest BCUT2D eigenvalue weighted by Gasteiger charge is 2.17. The largest absolute Gasteiger partial charge is 0.506 e. The van der Waals surface area contributed by atoms with Crippen LogP contribution in [0.15, 0.2) is 42.6 Å². The molecular formula is C21H21Cl2N3O2. The van der Waals surface area contributed by atoms with Crippen LogP contribution < -0.4 is 5.32 Å². The molecule has 0 aliphatic carbocycles. The van der Waals surface area contributed by atoms with Gasteiger partial charge in [0.05, 0.1) is 15.6 Å². The van der Waals surface area contributed by atoms with Gasteiger partial charge in [-0.2, -0.15) is 0 Å². The number of pyridine rings is 1. The van der Waals surface area contributed by atoms with Crippen molar-refractivity contribution in [3.63, 3.8) is 0 Å². The van der Waals surface area contributed by atoms with Crippen LogP contribution in [-0.2, 0) is 0 Å². The van der Waals surface area contributed by atoms with Crippen LogP contribution in [0, 0.1) is 0 Å². The fourth-order valence-electron chi connectivity index (χ4n) is 2.98. The van der Waals surface area contributed by atoms with Crippen LogP contribution in [0.25, 0.3) is 22.0 Å². The number of halogens is 2. The Morgan fingerprint density at radius 3 is 2.50 bits per heavy atom. The van der Waals surface area contributed by atoms with Gasteiger partial charge >= 0.3 is 0 Å². The van der Waals surface area contributed by atoms with Gasteiger partial charge in [-0.3, -0.25) is 9.78 Å². The van der Waals surface area contributed by atoms with Gasteiger partial charge in [0, 0.05) is 18.1 Å². The van der Waals surface area contributed by atoms with E-state index in [9.17, 15) is 9.90 Å². The summed E-state index contributed by atoms with van der Waals surface area (Å²) in [6.07, 6.45) is 2.46. The van der Waals surface area contributed by atoms with E-state index in [2.05, 4.69) is 15.2 Å². The van der Waals surface area contributed by atoms with Crippen LogP contribution in [0.2, 0.25) is 10.0 Å². The molecule has 0 bridgehead atoms. The van der Waals surface area contributed by atoms with E-state index in [4.69, 9.17) is 23.2 Å². The lowest BCUT2D eigenvalue weighted by atomic mass is 10.0. The molecule has 28 heavy (non-hydrogen) atoms. The minimum Gasteiger partial charge on any atom is -0.506 e. The maximum atomic E-state index is 12.5. The zero-order valence-electron chi connectivity index (χ0n) is 15.7. The minimum atomic E-state index is -0.300. The number of aromatic hydroxyl groups is 1. The van der Waals surface area contributed by atoms with Gasteiger partial charge in [-0.1, -0.05) is 29.3 Å². The van der Waals surface area contributed by atoms with Gasteiger partial charge in [-0.25, -0.2) is 0 Å². The Bertz CT molecular complexity index is 999. The maximum Gasteiger partial charge on any atom is 0.254 e. The number of hydrogen-bond donors (Lipinski definition) is 2. The third-order valence-corrected chi connectivity index (χ3v) is 4.95. The fraction of sp³-hybridized carbons (Fsp3) is 0.238. The van der Waals surface area contributed by atoms with Crippen molar-refractivity contribution >= 4 is 40.0 Å². The van der Waals surface area contributed by atoms with Crippen molar-refractivity contribution in [1.29, 1.82) is 0 Å². The average Bonchev–Trinajstić information content (AvgIpc) is 2.64. The summed E-state index contributed by atoms with van der Waals surface area (Å²) >= 11 is 12.7. The third-order valence-electron chi connectivity index (χ3n) is 4.35. The van der Waals surface area contributed by atoms with Crippen LogP contribution in [0.4, 0.5) is 0 Å². The van der Waals surface area contributed by atoms with Gasteiger partial charge in [0.2, 0.25) is 0 Å². The molecule has 146 valence electrons. The first kappa shape index (κ1) is 20.4. The lowest BCUT2D eigenvalue weighted by Crippen LogP contribution is -2.27. The van der Waals surface area contributed by atoms with Crippen LogP contribution in [0.1, 0.15) is 16.8 Å². The molecule has 0 saturated heterocycles. The zero-order valence-corrected chi connectivity index (χ0v) is 17.2. The van der Waals surface area contributed by atoms with E-state index in [-0.39, 0.29) is 27.3 Å². The van der Waals surface area contributed by atoms with Gasteiger partial charge in [0.1, 0.15) is 11.3 Å². The highest BCUT2D eigenvalue weighted by Crippen LogP contribution is 2.35. The number of fused-ring (bicyclic) bond motifs is 1. The molecule has 2 aromatic carbocycles. The van der Waals surface area contributed by atoms with Gasteiger partial charge in [-0.05, 0) is 68.5 Å². The Labute approximate surface area is 173 Å². The Kier molecular flexibility index (Phi) is 6.39. The van der Waals surface area contributed by atoms with Gasteiger partial charge in [-0.15, -0.1) is 0 Å². The maximum absolute atomic E-state index is 12.5. The molecule has 3 aromatic rings. The number of phenols is 1. The van der Waals surface area contributed by atoms with Gasteiger partial charge < -0.3 is 15.3 Å². The van der Waals surface area contributed by atoms with Crippen LogP contribution >= 0.6 is 23.2 Å².